The van der Waals surface area contributed by atoms with Gasteiger partial charge in [-0.25, -0.2) is 4.98 Å². The summed E-state index contributed by atoms with van der Waals surface area (Å²) >= 11 is 1.59. The molecule has 2 rings (SSSR count). The fraction of sp³-hybridized carbons (Fsp3) is 0.333. The van der Waals surface area contributed by atoms with E-state index in [9.17, 15) is 4.79 Å². The van der Waals surface area contributed by atoms with Crippen LogP contribution in [0.1, 0.15) is 25.3 Å². The molecule has 0 saturated heterocycles. The molecular weight excluding hydrogens is 256 g/mol. The molecule has 0 aliphatic heterocycles. The Morgan fingerprint density at radius 1 is 1.42 bits per heavy atom. The first-order chi connectivity index (χ1) is 9.15. The summed E-state index contributed by atoms with van der Waals surface area (Å²) in [5.41, 5.74) is 0.979. The highest BCUT2D eigenvalue weighted by Crippen LogP contribution is 2.22. The number of hydrogen-bond donors (Lipinski definition) is 1. The number of nitrogens with zero attached hydrogens (tertiary/aromatic N) is 1. The summed E-state index contributed by atoms with van der Waals surface area (Å²) in [6.45, 7) is 5.01. The molecule has 4 heteroatoms. The van der Waals surface area contributed by atoms with Crippen LogP contribution < -0.4 is 5.32 Å². The predicted molar refractivity (Wildman–Crippen MR) is 81.1 cm³/mol. The van der Waals surface area contributed by atoms with Crippen LogP contribution >= 0.6 is 11.3 Å². The fourth-order valence-corrected chi connectivity index (χ4v) is 2.52. The number of rotatable bonds is 5. The highest BCUT2D eigenvalue weighted by Gasteiger charge is 2.01. The van der Waals surface area contributed by atoms with Crippen LogP contribution in [0.3, 0.4) is 0 Å². The third kappa shape index (κ3) is 4.17. The number of benzene rings is 1. The molecular formula is C15H18N2OS. The number of carbonyl (C=O) groups is 1. The van der Waals surface area contributed by atoms with E-state index < -0.39 is 0 Å². The van der Waals surface area contributed by atoms with E-state index in [4.69, 9.17) is 0 Å². The van der Waals surface area contributed by atoms with Crippen LogP contribution in [-0.4, -0.2) is 17.4 Å². The maximum Gasteiger partial charge on any atom is 0.244 e. The van der Waals surface area contributed by atoms with Gasteiger partial charge < -0.3 is 5.32 Å². The average Bonchev–Trinajstić information content (AvgIpc) is 2.78. The Labute approximate surface area is 117 Å². The molecule has 0 spiro atoms. The zero-order chi connectivity index (χ0) is 13.7. The normalized spacial score (nSPS) is 11.5. The molecule has 1 N–H and O–H groups in total. The topological polar surface area (TPSA) is 42.0 Å². The summed E-state index contributed by atoms with van der Waals surface area (Å²) in [4.78, 5) is 16.0. The van der Waals surface area contributed by atoms with Crippen molar-refractivity contribution in [2.75, 3.05) is 6.54 Å². The lowest BCUT2D eigenvalue weighted by molar-refractivity contribution is -0.116. The van der Waals surface area contributed by atoms with Crippen molar-refractivity contribution in [3.05, 3.63) is 35.3 Å². The van der Waals surface area contributed by atoms with Crippen molar-refractivity contribution in [1.29, 1.82) is 0 Å². The summed E-state index contributed by atoms with van der Waals surface area (Å²) in [5.74, 6) is 0.549. The quantitative estimate of drug-likeness (QED) is 0.848. The largest absolute Gasteiger partial charge is 0.353 e. The average molecular weight is 274 g/mol. The van der Waals surface area contributed by atoms with E-state index in [2.05, 4.69) is 24.1 Å². The van der Waals surface area contributed by atoms with Crippen LogP contribution in [0.4, 0.5) is 0 Å². The third-order valence-corrected chi connectivity index (χ3v) is 3.71. The standard InChI is InChI=1S/C15H18N2OS/c1-11(2)9-10-16-14(18)7-8-15-17-12-5-3-4-6-13(12)19-15/h3-8,11H,9-10H2,1-2H3,(H,16,18). The summed E-state index contributed by atoms with van der Waals surface area (Å²) in [6, 6.07) is 7.97. The third-order valence-electron chi connectivity index (χ3n) is 2.71. The van der Waals surface area contributed by atoms with Crippen LogP contribution in [0.5, 0.6) is 0 Å². The highest BCUT2D eigenvalue weighted by atomic mass is 32.1. The molecule has 2 aromatic rings. The van der Waals surface area contributed by atoms with Gasteiger partial charge in [-0.15, -0.1) is 11.3 Å². The number of carbonyl (C=O) groups excluding carboxylic acids is 1. The summed E-state index contributed by atoms with van der Waals surface area (Å²) in [7, 11) is 0. The number of thiazole rings is 1. The van der Waals surface area contributed by atoms with E-state index in [1.807, 2.05) is 24.3 Å². The van der Waals surface area contributed by atoms with E-state index in [1.54, 1.807) is 23.5 Å². The monoisotopic (exact) mass is 274 g/mol. The Morgan fingerprint density at radius 2 is 2.21 bits per heavy atom. The minimum atomic E-state index is -0.0556. The van der Waals surface area contributed by atoms with E-state index in [0.717, 1.165) is 28.2 Å². The molecule has 0 aliphatic rings. The van der Waals surface area contributed by atoms with Crippen LogP contribution in [-0.2, 0) is 4.79 Å². The zero-order valence-electron chi connectivity index (χ0n) is 11.2. The van der Waals surface area contributed by atoms with E-state index in [1.165, 1.54) is 0 Å². The van der Waals surface area contributed by atoms with Crippen molar-refractivity contribution in [2.45, 2.75) is 20.3 Å². The molecule has 1 heterocycles. The van der Waals surface area contributed by atoms with Gasteiger partial charge in [0.2, 0.25) is 5.91 Å². The molecule has 0 bridgehead atoms. The van der Waals surface area contributed by atoms with Crippen LogP contribution in [0, 0.1) is 5.92 Å². The number of amides is 1. The molecule has 100 valence electrons. The predicted octanol–water partition coefficient (Wildman–Crippen LogP) is 3.47. The molecule has 3 nitrogen and oxygen atoms in total. The van der Waals surface area contributed by atoms with E-state index in [-0.39, 0.29) is 5.91 Å². The Balaban J connectivity index is 1.92. The van der Waals surface area contributed by atoms with Gasteiger partial charge in [-0.1, -0.05) is 26.0 Å². The number of nitrogens with one attached hydrogen (secondary N) is 1. The fourth-order valence-electron chi connectivity index (χ4n) is 1.65. The Morgan fingerprint density at radius 3 is 2.95 bits per heavy atom. The van der Waals surface area contributed by atoms with Crippen LogP contribution in [0.25, 0.3) is 16.3 Å². The molecule has 0 atom stereocenters. The second-order valence-corrected chi connectivity index (χ2v) is 5.89. The van der Waals surface area contributed by atoms with Gasteiger partial charge in [-0.2, -0.15) is 0 Å². The van der Waals surface area contributed by atoms with Gasteiger partial charge in [0.25, 0.3) is 0 Å². The lowest BCUT2D eigenvalue weighted by Gasteiger charge is -2.04. The second-order valence-electron chi connectivity index (χ2n) is 4.83. The van der Waals surface area contributed by atoms with Crippen LogP contribution in [0.2, 0.25) is 0 Å². The summed E-state index contributed by atoms with van der Waals surface area (Å²) in [6.07, 6.45) is 4.33. The van der Waals surface area contributed by atoms with Gasteiger partial charge in [-0.05, 0) is 30.5 Å². The van der Waals surface area contributed by atoms with Crippen molar-refractivity contribution < 1.29 is 4.79 Å². The van der Waals surface area contributed by atoms with E-state index in [0.29, 0.717) is 5.92 Å². The molecule has 0 aliphatic carbocycles. The first-order valence-corrected chi connectivity index (χ1v) is 7.28. The molecule has 1 aromatic heterocycles. The Kier molecular flexibility index (Phi) is 4.68. The molecule has 1 amide bonds. The van der Waals surface area contributed by atoms with Crippen molar-refractivity contribution in [3.8, 4) is 0 Å². The van der Waals surface area contributed by atoms with Gasteiger partial charge in [0, 0.05) is 12.6 Å². The first-order valence-electron chi connectivity index (χ1n) is 6.46. The Bertz CT molecular complexity index is 554. The highest BCUT2D eigenvalue weighted by molar-refractivity contribution is 7.19. The lowest BCUT2D eigenvalue weighted by Crippen LogP contribution is -2.23. The molecule has 0 saturated carbocycles. The first kappa shape index (κ1) is 13.7. The van der Waals surface area contributed by atoms with Gasteiger partial charge in [0.1, 0.15) is 5.01 Å². The molecule has 19 heavy (non-hydrogen) atoms. The minimum absolute atomic E-state index is 0.0556. The van der Waals surface area contributed by atoms with Gasteiger partial charge in [0.05, 0.1) is 10.2 Å². The van der Waals surface area contributed by atoms with Gasteiger partial charge in [-0.3, -0.25) is 4.79 Å². The number of fused-ring (bicyclic) bond motifs is 1. The second kappa shape index (κ2) is 6.48. The Hall–Kier alpha value is -1.68. The van der Waals surface area contributed by atoms with Crippen molar-refractivity contribution in [2.24, 2.45) is 5.92 Å². The van der Waals surface area contributed by atoms with Crippen molar-refractivity contribution >= 4 is 33.5 Å². The summed E-state index contributed by atoms with van der Waals surface area (Å²) < 4.78 is 1.14. The molecule has 1 aromatic carbocycles. The maximum absolute atomic E-state index is 11.6. The smallest absolute Gasteiger partial charge is 0.244 e. The number of aromatic nitrogens is 1. The zero-order valence-corrected chi connectivity index (χ0v) is 12.0. The molecule has 0 unspecified atom stereocenters. The number of hydrogen-bond acceptors (Lipinski definition) is 3. The molecule has 0 fully saturated rings. The van der Waals surface area contributed by atoms with E-state index >= 15 is 0 Å². The van der Waals surface area contributed by atoms with Gasteiger partial charge in [0.15, 0.2) is 0 Å². The van der Waals surface area contributed by atoms with Crippen LogP contribution in [0.15, 0.2) is 30.3 Å². The lowest BCUT2D eigenvalue weighted by atomic mass is 10.1. The van der Waals surface area contributed by atoms with Crippen molar-refractivity contribution in [3.63, 3.8) is 0 Å². The number of para-hydroxylation sites is 1. The molecule has 0 radical (unpaired) electrons. The van der Waals surface area contributed by atoms with Crippen molar-refractivity contribution in [1.82, 2.24) is 10.3 Å². The SMILES string of the molecule is CC(C)CCNC(=O)C=Cc1nc2ccccc2s1. The minimum Gasteiger partial charge on any atom is -0.353 e. The maximum atomic E-state index is 11.6. The van der Waals surface area contributed by atoms with Gasteiger partial charge >= 0.3 is 0 Å². The summed E-state index contributed by atoms with van der Waals surface area (Å²) in [5, 5.41) is 3.73.